The van der Waals surface area contributed by atoms with Crippen LogP contribution in [0.2, 0.25) is 5.02 Å². The molecule has 0 saturated carbocycles. The standard InChI is InChI=1S/C14H16ClFN2O3/c1-8-9(2)21-6-5-18(8)14(20)13(19)17-12-4-3-10(16)7-11(12)15/h3-4,7-9H,5-6H2,1-2H3,(H,17,19)/t8-,9-/m1/s1. The number of benzene rings is 1. The van der Waals surface area contributed by atoms with Crippen molar-refractivity contribution in [1.29, 1.82) is 0 Å². The van der Waals surface area contributed by atoms with Crippen LogP contribution in [0.3, 0.4) is 0 Å². The molecule has 1 N–H and O–H groups in total. The predicted octanol–water partition coefficient (Wildman–Crippen LogP) is 2.05. The van der Waals surface area contributed by atoms with Gasteiger partial charge in [-0.15, -0.1) is 0 Å². The molecular weight excluding hydrogens is 299 g/mol. The zero-order valence-corrected chi connectivity index (χ0v) is 12.5. The number of amides is 2. The molecule has 1 heterocycles. The summed E-state index contributed by atoms with van der Waals surface area (Å²) in [5.74, 6) is -1.97. The van der Waals surface area contributed by atoms with E-state index in [4.69, 9.17) is 16.3 Å². The van der Waals surface area contributed by atoms with Gasteiger partial charge in [0.2, 0.25) is 0 Å². The van der Waals surface area contributed by atoms with Crippen molar-refractivity contribution in [3.05, 3.63) is 29.0 Å². The highest BCUT2D eigenvalue weighted by Crippen LogP contribution is 2.22. The van der Waals surface area contributed by atoms with Crippen LogP contribution >= 0.6 is 11.6 Å². The van der Waals surface area contributed by atoms with E-state index in [2.05, 4.69) is 5.32 Å². The maximum atomic E-state index is 12.9. The number of hydrogen-bond acceptors (Lipinski definition) is 3. The second-order valence-corrected chi connectivity index (χ2v) is 5.30. The van der Waals surface area contributed by atoms with Gasteiger partial charge in [-0.3, -0.25) is 9.59 Å². The largest absolute Gasteiger partial charge is 0.375 e. The first-order valence-electron chi connectivity index (χ1n) is 6.58. The lowest BCUT2D eigenvalue weighted by Crippen LogP contribution is -2.54. The molecule has 0 radical (unpaired) electrons. The molecule has 2 amide bonds. The van der Waals surface area contributed by atoms with E-state index in [1.807, 2.05) is 13.8 Å². The van der Waals surface area contributed by atoms with E-state index in [1.165, 1.54) is 11.0 Å². The van der Waals surface area contributed by atoms with Gasteiger partial charge < -0.3 is 15.0 Å². The molecule has 21 heavy (non-hydrogen) atoms. The third-order valence-corrected chi connectivity index (χ3v) is 3.83. The summed E-state index contributed by atoms with van der Waals surface area (Å²) in [4.78, 5) is 25.6. The molecule has 0 bridgehead atoms. The summed E-state index contributed by atoms with van der Waals surface area (Å²) in [5, 5.41) is 2.44. The van der Waals surface area contributed by atoms with Crippen LogP contribution in [0.15, 0.2) is 18.2 Å². The quantitative estimate of drug-likeness (QED) is 0.807. The van der Waals surface area contributed by atoms with Crippen LogP contribution in [-0.4, -0.2) is 42.0 Å². The van der Waals surface area contributed by atoms with Gasteiger partial charge in [-0.05, 0) is 32.0 Å². The van der Waals surface area contributed by atoms with Gasteiger partial charge in [0.25, 0.3) is 0 Å². The molecule has 1 aromatic rings. The minimum absolute atomic E-state index is 0.0412. The second-order valence-electron chi connectivity index (χ2n) is 4.89. The van der Waals surface area contributed by atoms with Crippen LogP contribution < -0.4 is 5.32 Å². The monoisotopic (exact) mass is 314 g/mol. The number of morpholine rings is 1. The minimum atomic E-state index is -0.801. The van der Waals surface area contributed by atoms with E-state index < -0.39 is 17.6 Å². The molecule has 2 atom stereocenters. The Morgan fingerprint density at radius 2 is 2.14 bits per heavy atom. The molecule has 0 unspecified atom stereocenters. The number of ether oxygens (including phenoxy) is 1. The van der Waals surface area contributed by atoms with E-state index in [1.54, 1.807) is 0 Å². The predicted molar refractivity (Wildman–Crippen MR) is 76.6 cm³/mol. The SMILES string of the molecule is C[C@@H]1[C@@H](C)OCCN1C(=O)C(=O)Nc1ccc(F)cc1Cl. The number of nitrogens with zero attached hydrogens (tertiary/aromatic N) is 1. The van der Waals surface area contributed by atoms with Crippen LogP contribution in [0.1, 0.15) is 13.8 Å². The van der Waals surface area contributed by atoms with Crippen molar-refractivity contribution < 1.29 is 18.7 Å². The molecule has 2 rings (SSSR count). The third-order valence-electron chi connectivity index (χ3n) is 3.52. The van der Waals surface area contributed by atoms with E-state index in [-0.39, 0.29) is 22.9 Å². The zero-order valence-electron chi connectivity index (χ0n) is 11.7. The minimum Gasteiger partial charge on any atom is -0.375 e. The average molecular weight is 315 g/mol. The van der Waals surface area contributed by atoms with Crippen molar-refractivity contribution >= 4 is 29.1 Å². The van der Waals surface area contributed by atoms with Crippen LogP contribution in [0, 0.1) is 5.82 Å². The topological polar surface area (TPSA) is 58.6 Å². The highest BCUT2D eigenvalue weighted by molar-refractivity contribution is 6.41. The lowest BCUT2D eigenvalue weighted by atomic mass is 10.1. The Kier molecular flexibility index (Phi) is 4.80. The average Bonchev–Trinajstić information content (AvgIpc) is 2.44. The van der Waals surface area contributed by atoms with Gasteiger partial charge in [0.1, 0.15) is 5.82 Å². The van der Waals surface area contributed by atoms with Crippen LogP contribution in [0.25, 0.3) is 0 Å². The highest BCUT2D eigenvalue weighted by Gasteiger charge is 2.32. The first kappa shape index (κ1) is 15.7. The molecule has 0 aliphatic carbocycles. The van der Waals surface area contributed by atoms with Gasteiger partial charge in [0.05, 0.1) is 29.5 Å². The number of carbonyl (C=O) groups excluding carboxylic acids is 2. The van der Waals surface area contributed by atoms with Gasteiger partial charge in [-0.1, -0.05) is 11.6 Å². The summed E-state index contributed by atoms with van der Waals surface area (Å²) < 4.78 is 18.4. The number of carbonyl (C=O) groups is 2. The Hall–Kier alpha value is -1.66. The zero-order chi connectivity index (χ0) is 15.6. The highest BCUT2D eigenvalue weighted by atomic mass is 35.5. The van der Waals surface area contributed by atoms with Crippen molar-refractivity contribution in [2.24, 2.45) is 0 Å². The lowest BCUT2D eigenvalue weighted by molar-refractivity contribution is -0.152. The maximum Gasteiger partial charge on any atom is 0.313 e. The molecule has 1 fully saturated rings. The van der Waals surface area contributed by atoms with Gasteiger partial charge in [0.15, 0.2) is 0 Å². The molecule has 1 aromatic carbocycles. The summed E-state index contributed by atoms with van der Waals surface area (Å²) in [6, 6.07) is 3.35. The number of anilines is 1. The van der Waals surface area contributed by atoms with E-state index >= 15 is 0 Å². The van der Waals surface area contributed by atoms with Crippen molar-refractivity contribution in [2.75, 3.05) is 18.5 Å². The Balaban J connectivity index is 2.07. The second kappa shape index (κ2) is 6.41. The van der Waals surface area contributed by atoms with Gasteiger partial charge >= 0.3 is 11.8 Å². The van der Waals surface area contributed by atoms with Crippen molar-refractivity contribution in [3.8, 4) is 0 Å². The molecule has 114 valence electrons. The molecule has 1 saturated heterocycles. The van der Waals surface area contributed by atoms with Crippen LogP contribution in [0.5, 0.6) is 0 Å². The van der Waals surface area contributed by atoms with Gasteiger partial charge in [-0.25, -0.2) is 4.39 Å². The molecule has 5 nitrogen and oxygen atoms in total. The van der Waals surface area contributed by atoms with Crippen molar-refractivity contribution in [3.63, 3.8) is 0 Å². The normalized spacial score (nSPS) is 22.0. The van der Waals surface area contributed by atoms with Gasteiger partial charge in [0, 0.05) is 6.54 Å². The molecule has 1 aliphatic heterocycles. The fourth-order valence-electron chi connectivity index (χ4n) is 2.12. The smallest absolute Gasteiger partial charge is 0.313 e. The van der Waals surface area contributed by atoms with Crippen molar-refractivity contribution in [1.82, 2.24) is 4.90 Å². The van der Waals surface area contributed by atoms with E-state index in [9.17, 15) is 14.0 Å². The Morgan fingerprint density at radius 3 is 2.81 bits per heavy atom. The lowest BCUT2D eigenvalue weighted by Gasteiger charge is -2.37. The fraction of sp³-hybridized carbons (Fsp3) is 0.429. The summed E-state index contributed by atoms with van der Waals surface area (Å²) in [6.45, 7) is 4.41. The third kappa shape index (κ3) is 3.51. The summed E-state index contributed by atoms with van der Waals surface area (Å²) in [6.07, 6.45) is -0.134. The summed E-state index contributed by atoms with van der Waals surface area (Å²) in [5.41, 5.74) is 0.199. The Labute approximate surface area is 127 Å². The first-order chi connectivity index (χ1) is 9.90. The molecule has 1 aliphatic rings. The molecular formula is C14H16ClFN2O3. The number of hydrogen-bond donors (Lipinski definition) is 1. The maximum absolute atomic E-state index is 12.9. The summed E-state index contributed by atoms with van der Waals surface area (Å²) >= 11 is 5.82. The van der Waals surface area contributed by atoms with Crippen molar-refractivity contribution in [2.45, 2.75) is 26.0 Å². The Bertz CT molecular complexity index is 567. The molecule has 0 spiro atoms. The Morgan fingerprint density at radius 1 is 1.43 bits per heavy atom. The van der Waals surface area contributed by atoms with Gasteiger partial charge in [-0.2, -0.15) is 0 Å². The van der Waals surface area contributed by atoms with Crippen LogP contribution in [0.4, 0.5) is 10.1 Å². The number of halogens is 2. The van der Waals surface area contributed by atoms with Crippen LogP contribution in [-0.2, 0) is 14.3 Å². The molecule has 7 heteroatoms. The molecule has 0 aromatic heterocycles. The fourth-order valence-corrected chi connectivity index (χ4v) is 2.33. The van der Waals surface area contributed by atoms with E-state index in [0.29, 0.717) is 13.2 Å². The number of nitrogens with one attached hydrogen (secondary N) is 1. The number of rotatable bonds is 1. The first-order valence-corrected chi connectivity index (χ1v) is 6.96. The van der Waals surface area contributed by atoms with E-state index in [0.717, 1.165) is 12.1 Å². The summed E-state index contributed by atoms with van der Waals surface area (Å²) in [7, 11) is 0.